The second-order valence-electron chi connectivity index (χ2n) is 7.45. The highest BCUT2D eigenvalue weighted by molar-refractivity contribution is 5.76. The van der Waals surface area contributed by atoms with Crippen LogP contribution in [0.15, 0.2) is 6.20 Å². The van der Waals surface area contributed by atoms with E-state index in [1.165, 1.54) is 0 Å². The molecule has 1 atom stereocenters. The molecule has 24 heavy (non-hydrogen) atoms. The number of carbonyl (C=O) groups is 1. The van der Waals surface area contributed by atoms with Gasteiger partial charge in [0.1, 0.15) is 0 Å². The molecule has 1 aromatic heterocycles. The van der Waals surface area contributed by atoms with Gasteiger partial charge in [0.2, 0.25) is 0 Å². The zero-order valence-corrected chi connectivity index (χ0v) is 14.4. The number of nitrogens with zero attached hydrogens (tertiary/aromatic N) is 3. The number of alkyl halides is 3. The molecule has 1 fully saturated rings. The average Bonchev–Trinajstić information content (AvgIpc) is 3.02. The summed E-state index contributed by atoms with van der Waals surface area (Å²) in [6.07, 6.45) is -3.33. The minimum Gasteiger partial charge on any atom is -0.481 e. The number of aromatic nitrogens is 2. The highest BCUT2D eigenvalue weighted by Crippen LogP contribution is 2.46. The van der Waals surface area contributed by atoms with Gasteiger partial charge in [0, 0.05) is 43.4 Å². The summed E-state index contributed by atoms with van der Waals surface area (Å²) >= 11 is 0. The summed E-state index contributed by atoms with van der Waals surface area (Å²) in [7, 11) is 0. The molecule has 1 saturated heterocycles. The number of aryl methyl sites for hydroxylation is 1. The second-order valence-corrected chi connectivity index (χ2v) is 7.45. The quantitative estimate of drug-likeness (QED) is 0.910. The lowest BCUT2D eigenvalue weighted by molar-refractivity contribution is -0.227. The van der Waals surface area contributed by atoms with Crippen LogP contribution >= 0.6 is 0 Å². The molecule has 1 aromatic rings. The lowest BCUT2D eigenvalue weighted by atomic mass is 9.86. The van der Waals surface area contributed by atoms with Gasteiger partial charge in [0.15, 0.2) is 5.41 Å². The van der Waals surface area contributed by atoms with Crippen LogP contribution in [0.25, 0.3) is 0 Å². The molecule has 1 N–H and O–H groups in total. The molecule has 0 aromatic carbocycles. The van der Waals surface area contributed by atoms with Crippen LogP contribution in [0.5, 0.6) is 0 Å². The molecule has 0 radical (unpaired) electrons. The van der Waals surface area contributed by atoms with Crippen LogP contribution in [-0.2, 0) is 23.3 Å². The number of carboxylic acids is 1. The van der Waals surface area contributed by atoms with E-state index in [1.54, 1.807) is 9.58 Å². The first kappa shape index (κ1) is 18.8. The average molecular weight is 347 g/mol. The molecule has 0 saturated carbocycles. The predicted octanol–water partition coefficient (Wildman–Crippen LogP) is 3.04. The Morgan fingerprint density at radius 3 is 2.42 bits per heavy atom. The second kappa shape index (κ2) is 6.06. The van der Waals surface area contributed by atoms with Crippen molar-refractivity contribution in [2.45, 2.75) is 58.8 Å². The van der Waals surface area contributed by atoms with E-state index >= 15 is 0 Å². The summed E-state index contributed by atoms with van der Waals surface area (Å²) in [5.41, 5.74) is -1.21. The predicted molar refractivity (Wildman–Crippen MR) is 82.6 cm³/mol. The molecule has 5 nitrogen and oxygen atoms in total. The number of rotatable bonds is 4. The van der Waals surface area contributed by atoms with E-state index < -0.39 is 30.5 Å². The lowest BCUT2D eigenvalue weighted by Gasteiger charge is -2.27. The van der Waals surface area contributed by atoms with Crippen molar-refractivity contribution in [2.75, 3.05) is 13.1 Å². The van der Waals surface area contributed by atoms with Crippen molar-refractivity contribution in [1.82, 2.24) is 14.7 Å². The fourth-order valence-electron chi connectivity index (χ4n) is 3.16. The molecule has 0 aliphatic carbocycles. The number of aliphatic carboxylic acids is 1. The van der Waals surface area contributed by atoms with Crippen molar-refractivity contribution in [3.63, 3.8) is 0 Å². The van der Waals surface area contributed by atoms with Gasteiger partial charge in [-0.1, -0.05) is 20.8 Å². The summed E-state index contributed by atoms with van der Waals surface area (Å²) in [6.45, 7) is 8.47. The highest BCUT2D eigenvalue weighted by Gasteiger charge is 2.63. The Morgan fingerprint density at radius 1 is 1.38 bits per heavy atom. The minimum absolute atomic E-state index is 0.104. The molecule has 136 valence electrons. The van der Waals surface area contributed by atoms with Crippen molar-refractivity contribution in [2.24, 2.45) is 5.41 Å². The molecule has 0 amide bonds. The van der Waals surface area contributed by atoms with Crippen molar-refractivity contribution in [3.05, 3.63) is 17.5 Å². The molecule has 2 rings (SSSR count). The van der Waals surface area contributed by atoms with Crippen LogP contribution in [0.4, 0.5) is 13.2 Å². The largest absolute Gasteiger partial charge is 0.481 e. The first-order valence-corrected chi connectivity index (χ1v) is 8.00. The smallest absolute Gasteiger partial charge is 0.406 e. The fourth-order valence-corrected chi connectivity index (χ4v) is 3.16. The Kier molecular flexibility index (Phi) is 4.74. The van der Waals surface area contributed by atoms with Gasteiger partial charge in [0.25, 0.3) is 0 Å². The van der Waals surface area contributed by atoms with Crippen LogP contribution in [-0.4, -0.2) is 45.0 Å². The Balaban J connectivity index is 2.25. The third-order valence-corrected chi connectivity index (χ3v) is 4.57. The molecule has 2 heterocycles. The Morgan fingerprint density at radius 2 is 2.00 bits per heavy atom. The van der Waals surface area contributed by atoms with Gasteiger partial charge in [-0.2, -0.15) is 18.3 Å². The van der Waals surface area contributed by atoms with Crippen LogP contribution < -0.4 is 0 Å². The van der Waals surface area contributed by atoms with Crippen LogP contribution in [0.3, 0.4) is 0 Å². The van der Waals surface area contributed by atoms with E-state index in [9.17, 15) is 18.0 Å². The van der Waals surface area contributed by atoms with Gasteiger partial charge in [-0.3, -0.25) is 14.4 Å². The normalized spacial score (nSPS) is 23.0. The summed E-state index contributed by atoms with van der Waals surface area (Å²) < 4.78 is 41.6. The first-order chi connectivity index (χ1) is 10.9. The van der Waals surface area contributed by atoms with E-state index in [0.717, 1.165) is 11.3 Å². The third kappa shape index (κ3) is 3.29. The van der Waals surface area contributed by atoms with Gasteiger partial charge in [-0.15, -0.1) is 0 Å². The van der Waals surface area contributed by atoms with Crippen molar-refractivity contribution < 1.29 is 23.1 Å². The Labute approximate surface area is 139 Å². The minimum atomic E-state index is -4.76. The van der Waals surface area contributed by atoms with Gasteiger partial charge >= 0.3 is 12.1 Å². The lowest BCUT2D eigenvalue weighted by Crippen LogP contribution is -2.47. The zero-order chi connectivity index (χ0) is 18.3. The SMILES string of the molecule is CCn1cc(CN2CCC(C(=O)O)(C(F)(F)F)C2)c(C(C)(C)C)n1. The molecule has 0 spiro atoms. The van der Waals surface area contributed by atoms with Crippen LogP contribution in [0.1, 0.15) is 45.4 Å². The van der Waals surface area contributed by atoms with Gasteiger partial charge in [-0.25, -0.2) is 0 Å². The van der Waals surface area contributed by atoms with E-state index in [-0.39, 0.29) is 18.5 Å². The standard InChI is InChI=1S/C16H24F3N3O2/c1-5-22-9-11(12(20-22)14(2,3)4)8-21-7-6-15(10-21,13(23)24)16(17,18)19/h9H,5-8,10H2,1-4H3,(H,23,24). The maximum absolute atomic E-state index is 13.3. The number of hydrogen-bond donors (Lipinski definition) is 1. The Bertz CT molecular complexity index is 619. The molecule has 1 aliphatic heterocycles. The zero-order valence-electron chi connectivity index (χ0n) is 14.4. The van der Waals surface area contributed by atoms with E-state index in [0.29, 0.717) is 6.54 Å². The first-order valence-electron chi connectivity index (χ1n) is 8.00. The number of likely N-dealkylation sites (tertiary alicyclic amines) is 1. The van der Waals surface area contributed by atoms with Gasteiger partial charge < -0.3 is 5.11 Å². The molecule has 1 unspecified atom stereocenters. The highest BCUT2D eigenvalue weighted by atomic mass is 19.4. The summed E-state index contributed by atoms with van der Waals surface area (Å²) in [6, 6.07) is 0. The monoisotopic (exact) mass is 347 g/mol. The number of halogens is 3. The van der Waals surface area contributed by atoms with E-state index in [2.05, 4.69) is 5.10 Å². The van der Waals surface area contributed by atoms with Gasteiger partial charge in [-0.05, 0) is 13.3 Å². The van der Waals surface area contributed by atoms with Gasteiger partial charge in [0.05, 0.1) is 5.69 Å². The molecule has 8 heteroatoms. The number of carboxylic acid groups (broad SMARTS) is 1. The maximum atomic E-state index is 13.3. The Hall–Kier alpha value is -1.57. The van der Waals surface area contributed by atoms with Crippen LogP contribution in [0.2, 0.25) is 0 Å². The number of hydrogen-bond acceptors (Lipinski definition) is 3. The molecule has 0 bridgehead atoms. The summed E-state index contributed by atoms with van der Waals surface area (Å²) in [5, 5.41) is 13.7. The summed E-state index contributed by atoms with van der Waals surface area (Å²) in [5.74, 6) is -1.79. The maximum Gasteiger partial charge on any atom is 0.406 e. The van der Waals surface area contributed by atoms with Crippen LogP contribution in [0, 0.1) is 5.41 Å². The molecular formula is C16H24F3N3O2. The summed E-state index contributed by atoms with van der Waals surface area (Å²) in [4.78, 5) is 12.8. The molecule has 1 aliphatic rings. The van der Waals surface area contributed by atoms with Crippen molar-refractivity contribution >= 4 is 5.97 Å². The third-order valence-electron chi connectivity index (χ3n) is 4.57. The molecular weight excluding hydrogens is 323 g/mol. The van der Waals surface area contributed by atoms with Crippen molar-refractivity contribution in [3.8, 4) is 0 Å². The van der Waals surface area contributed by atoms with E-state index in [1.807, 2.05) is 33.9 Å². The van der Waals surface area contributed by atoms with Crippen molar-refractivity contribution in [1.29, 1.82) is 0 Å². The topological polar surface area (TPSA) is 58.4 Å². The fraction of sp³-hybridized carbons (Fsp3) is 0.750. The van der Waals surface area contributed by atoms with E-state index in [4.69, 9.17) is 5.11 Å².